The van der Waals surface area contributed by atoms with Crippen LogP contribution in [0.2, 0.25) is 0 Å². The van der Waals surface area contributed by atoms with E-state index in [4.69, 9.17) is 0 Å². The van der Waals surface area contributed by atoms with Gasteiger partial charge in [0, 0.05) is 17.4 Å². The van der Waals surface area contributed by atoms with Gasteiger partial charge in [-0.25, -0.2) is 0 Å². The first-order valence-corrected chi connectivity index (χ1v) is 9.34. The van der Waals surface area contributed by atoms with E-state index in [0.29, 0.717) is 16.9 Å². The van der Waals surface area contributed by atoms with Crippen molar-refractivity contribution in [2.75, 3.05) is 5.32 Å². The summed E-state index contributed by atoms with van der Waals surface area (Å²) in [5, 5.41) is 15.0. The molecule has 1 atom stereocenters. The van der Waals surface area contributed by atoms with Crippen LogP contribution in [0.1, 0.15) is 36.7 Å². The number of allylic oxidation sites excluding steroid dienone is 3. The third kappa shape index (κ3) is 3.71. The molecule has 2 aliphatic rings. The summed E-state index contributed by atoms with van der Waals surface area (Å²) in [6.45, 7) is 6.07. The topological polar surface area (TPSA) is 88.7 Å². The number of anilines is 1. The largest absolute Gasteiger partial charge is 0.322 e. The number of nitrogens with zero attached hydrogens (tertiary/aromatic N) is 4. The van der Waals surface area contributed by atoms with Crippen molar-refractivity contribution in [3.63, 3.8) is 0 Å². The number of benzene rings is 1. The summed E-state index contributed by atoms with van der Waals surface area (Å²) >= 11 is 0. The van der Waals surface area contributed by atoms with Gasteiger partial charge in [0.25, 0.3) is 11.8 Å². The molecule has 7 heteroatoms. The van der Waals surface area contributed by atoms with Crippen molar-refractivity contribution in [3.05, 3.63) is 77.7 Å². The quantitative estimate of drug-likeness (QED) is 0.850. The van der Waals surface area contributed by atoms with E-state index in [1.807, 2.05) is 57.2 Å². The van der Waals surface area contributed by atoms with Gasteiger partial charge in [-0.05, 0) is 38.5 Å². The van der Waals surface area contributed by atoms with Crippen molar-refractivity contribution >= 4 is 23.2 Å². The second kappa shape index (κ2) is 7.09. The molecule has 1 aliphatic carbocycles. The first-order chi connectivity index (χ1) is 13.8. The van der Waals surface area contributed by atoms with E-state index < -0.39 is 0 Å². The highest BCUT2D eigenvalue weighted by Gasteiger charge is 2.27. The highest BCUT2D eigenvalue weighted by molar-refractivity contribution is 6.04. The molecule has 1 aliphatic heterocycles. The number of hydrogen-bond donors (Lipinski definition) is 1. The lowest BCUT2D eigenvalue weighted by Gasteiger charge is -2.19. The number of carbonyl (C=O) groups is 2. The van der Waals surface area contributed by atoms with E-state index in [2.05, 4.69) is 20.6 Å². The third-order valence-corrected chi connectivity index (χ3v) is 4.76. The zero-order valence-corrected chi connectivity index (χ0v) is 16.5. The molecule has 1 unspecified atom stereocenters. The minimum Gasteiger partial charge on any atom is -0.322 e. The van der Waals surface area contributed by atoms with Gasteiger partial charge in [-0.15, -0.1) is 10.2 Å². The van der Waals surface area contributed by atoms with Crippen molar-refractivity contribution in [2.24, 2.45) is 16.1 Å². The average molecular weight is 387 g/mol. The Hall–Kier alpha value is -3.61. The van der Waals surface area contributed by atoms with Gasteiger partial charge in [0.05, 0.1) is 28.9 Å². The third-order valence-electron chi connectivity index (χ3n) is 4.76. The predicted molar refractivity (Wildman–Crippen MR) is 110 cm³/mol. The summed E-state index contributed by atoms with van der Waals surface area (Å²) in [5.74, 6) is -0.867. The van der Waals surface area contributed by atoms with E-state index in [9.17, 15) is 9.59 Å². The van der Waals surface area contributed by atoms with Gasteiger partial charge < -0.3 is 5.32 Å². The summed E-state index contributed by atoms with van der Waals surface area (Å²) < 4.78 is 1.76. The molecule has 2 aromatic rings. The van der Waals surface area contributed by atoms with Crippen LogP contribution in [0.3, 0.4) is 0 Å². The van der Waals surface area contributed by atoms with Gasteiger partial charge in [0.15, 0.2) is 0 Å². The van der Waals surface area contributed by atoms with Crippen LogP contribution < -0.4 is 5.32 Å². The van der Waals surface area contributed by atoms with Crippen molar-refractivity contribution in [1.29, 1.82) is 0 Å². The first-order valence-electron chi connectivity index (χ1n) is 9.34. The van der Waals surface area contributed by atoms with Crippen LogP contribution in [-0.2, 0) is 10.3 Å². The van der Waals surface area contributed by atoms with Crippen LogP contribution >= 0.6 is 0 Å². The van der Waals surface area contributed by atoms with Gasteiger partial charge in [0.2, 0.25) is 0 Å². The monoisotopic (exact) mass is 387 g/mol. The number of aromatic nitrogens is 2. The molecule has 1 aromatic heterocycles. The maximum atomic E-state index is 12.5. The molecule has 7 nitrogen and oxygen atoms in total. The van der Waals surface area contributed by atoms with Crippen molar-refractivity contribution in [2.45, 2.75) is 26.3 Å². The molecule has 0 spiro atoms. The molecule has 4 rings (SSSR count). The van der Waals surface area contributed by atoms with Crippen LogP contribution in [-0.4, -0.2) is 21.6 Å². The van der Waals surface area contributed by atoms with E-state index in [1.165, 1.54) is 0 Å². The van der Waals surface area contributed by atoms with Crippen LogP contribution in [0.4, 0.5) is 5.69 Å². The Kier molecular flexibility index (Phi) is 4.58. The van der Waals surface area contributed by atoms with Gasteiger partial charge >= 0.3 is 0 Å². The SMILES string of the molecule is CC(C)(C)n1cc(C(=O)Nc2ccc(C3=C4C=CC=CC4C(=O)N=N3)cc2)cn1. The standard InChI is InChI=1S/C22H21N5O2/c1-22(2,3)27-13-15(12-23-27)20(28)24-16-10-8-14(9-11-16)19-17-6-4-5-7-18(17)21(29)26-25-19/h4-13,18H,1-3H3,(H,24,28). The highest BCUT2D eigenvalue weighted by atomic mass is 16.2. The van der Waals surface area contributed by atoms with Gasteiger partial charge in [-0.2, -0.15) is 5.10 Å². The van der Waals surface area contributed by atoms with Gasteiger partial charge in [-0.1, -0.05) is 36.4 Å². The molecule has 1 N–H and O–H groups in total. The molecule has 146 valence electrons. The van der Waals surface area contributed by atoms with E-state index >= 15 is 0 Å². The van der Waals surface area contributed by atoms with Crippen LogP contribution in [0, 0.1) is 5.92 Å². The maximum Gasteiger partial charge on any atom is 0.276 e. The number of rotatable bonds is 3. The Balaban J connectivity index is 1.53. The molecule has 0 saturated heterocycles. The summed E-state index contributed by atoms with van der Waals surface area (Å²) in [6, 6.07) is 7.32. The molecule has 0 radical (unpaired) electrons. The smallest absolute Gasteiger partial charge is 0.276 e. The minimum atomic E-state index is -0.383. The van der Waals surface area contributed by atoms with E-state index in [1.54, 1.807) is 29.2 Å². The summed E-state index contributed by atoms with van der Waals surface area (Å²) in [6.07, 6.45) is 10.7. The molecule has 2 heterocycles. The highest BCUT2D eigenvalue weighted by Crippen LogP contribution is 2.34. The van der Waals surface area contributed by atoms with Crippen molar-refractivity contribution in [1.82, 2.24) is 9.78 Å². The normalized spacial score (nSPS) is 18.2. The summed E-state index contributed by atoms with van der Waals surface area (Å²) in [7, 11) is 0. The Labute approximate surface area is 168 Å². The molecular formula is C22H21N5O2. The van der Waals surface area contributed by atoms with Crippen molar-refractivity contribution < 1.29 is 9.59 Å². The van der Waals surface area contributed by atoms with E-state index in [0.717, 1.165) is 11.1 Å². The van der Waals surface area contributed by atoms with Crippen LogP contribution in [0.5, 0.6) is 0 Å². The number of amides is 2. The number of azo groups is 1. The zero-order chi connectivity index (χ0) is 20.6. The minimum absolute atomic E-state index is 0.189. The lowest BCUT2D eigenvalue weighted by atomic mass is 9.89. The Morgan fingerprint density at radius 2 is 1.86 bits per heavy atom. The van der Waals surface area contributed by atoms with E-state index in [-0.39, 0.29) is 23.3 Å². The fraction of sp³-hybridized carbons (Fsp3) is 0.227. The maximum absolute atomic E-state index is 12.5. The number of hydrogen-bond acceptors (Lipinski definition) is 4. The number of nitrogens with one attached hydrogen (secondary N) is 1. The Bertz CT molecular complexity index is 1090. The lowest BCUT2D eigenvalue weighted by molar-refractivity contribution is -0.119. The number of fused-ring (bicyclic) bond motifs is 1. The van der Waals surface area contributed by atoms with Gasteiger partial charge in [0.1, 0.15) is 0 Å². The first kappa shape index (κ1) is 18.7. The lowest BCUT2D eigenvalue weighted by Crippen LogP contribution is -2.22. The average Bonchev–Trinajstić information content (AvgIpc) is 3.20. The fourth-order valence-electron chi connectivity index (χ4n) is 3.15. The predicted octanol–water partition coefficient (Wildman–Crippen LogP) is 4.34. The molecule has 0 fully saturated rings. The fourth-order valence-corrected chi connectivity index (χ4v) is 3.15. The summed E-state index contributed by atoms with van der Waals surface area (Å²) in [5.41, 5.74) is 3.30. The second-order valence-corrected chi connectivity index (χ2v) is 7.94. The number of carbonyl (C=O) groups excluding carboxylic acids is 2. The van der Waals surface area contributed by atoms with Crippen LogP contribution in [0.25, 0.3) is 5.70 Å². The molecule has 0 bridgehead atoms. The second-order valence-electron chi connectivity index (χ2n) is 7.94. The molecular weight excluding hydrogens is 366 g/mol. The van der Waals surface area contributed by atoms with Crippen LogP contribution in [0.15, 0.2) is 76.8 Å². The molecule has 0 saturated carbocycles. The Morgan fingerprint density at radius 3 is 2.55 bits per heavy atom. The molecule has 1 aromatic carbocycles. The van der Waals surface area contributed by atoms with Gasteiger partial charge in [-0.3, -0.25) is 14.3 Å². The molecule has 2 amide bonds. The Morgan fingerprint density at radius 1 is 1.10 bits per heavy atom. The summed E-state index contributed by atoms with van der Waals surface area (Å²) in [4.78, 5) is 24.4. The van der Waals surface area contributed by atoms with Crippen molar-refractivity contribution in [3.8, 4) is 0 Å². The zero-order valence-electron chi connectivity index (χ0n) is 16.5. The molecule has 29 heavy (non-hydrogen) atoms.